The second-order valence-corrected chi connectivity index (χ2v) is 5.22. The normalized spacial score (nSPS) is 17.7. The number of para-hydroxylation sites is 1. The highest BCUT2D eigenvalue weighted by atomic mass is 35.5. The van der Waals surface area contributed by atoms with Crippen molar-refractivity contribution >= 4 is 18.3 Å². The number of morpholine rings is 1. The molecule has 2 N–H and O–H groups in total. The van der Waals surface area contributed by atoms with E-state index in [2.05, 4.69) is 10.6 Å². The average Bonchev–Trinajstić information content (AvgIpc) is 2.52. The van der Waals surface area contributed by atoms with Crippen LogP contribution in [-0.4, -0.2) is 44.5 Å². The molecule has 1 atom stereocenters. The SMILES string of the molecule is Cl.O=C(CC1COCCN1)NCc1ccccc1OCC(F)(F)F. The quantitative estimate of drug-likeness (QED) is 0.807. The Morgan fingerprint density at radius 2 is 2.12 bits per heavy atom. The summed E-state index contributed by atoms with van der Waals surface area (Å²) in [6.07, 6.45) is -4.14. The largest absolute Gasteiger partial charge is 0.484 e. The van der Waals surface area contributed by atoms with Crippen LogP contribution in [0.25, 0.3) is 0 Å². The Balaban J connectivity index is 0.00000288. The van der Waals surface area contributed by atoms with E-state index in [0.717, 1.165) is 0 Å². The lowest BCUT2D eigenvalue weighted by molar-refractivity contribution is -0.153. The van der Waals surface area contributed by atoms with E-state index in [1.165, 1.54) is 6.07 Å². The van der Waals surface area contributed by atoms with Gasteiger partial charge >= 0.3 is 6.18 Å². The molecule has 1 amide bonds. The summed E-state index contributed by atoms with van der Waals surface area (Å²) in [5.74, 6) is -0.0807. The maximum Gasteiger partial charge on any atom is 0.422 e. The molecule has 0 radical (unpaired) electrons. The number of alkyl halides is 3. The van der Waals surface area contributed by atoms with E-state index in [-0.39, 0.29) is 43.1 Å². The number of hydrogen-bond donors (Lipinski definition) is 2. The minimum atomic E-state index is -4.40. The van der Waals surface area contributed by atoms with Crippen molar-refractivity contribution in [2.45, 2.75) is 25.2 Å². The van der Waals surface area contributed by atoms with Crippen molar-refractivity contribution in [1.29, 1.82) is 0 Å². The zero-order chi connectivity index (χ0) is 16.7. The van der Waals surface area contributed by atoms with Crippen molar-refractivity contribution in [2.24, 2.45) is 0 Å². The second-order valence-electron chi connectivity index (χ2n) is 5.22. The van der Waals surface area contributed by atoms with Crippen LogP contribution in [0.3, 0.4) is 0 Å². The minimum absolute atomic E-state index is 0. The first-order valence-corrected chi connectivity index (χ1v) is 7.29. The molecule has 5 nitrogen and oxygen atoms in total. The maximum atomic E-state index is 12.2. The zero-order valence-electron chi connectivity index (χ0n) is 12.9. The van der Waals surface area contributed by atoms with Gasteiger partial charge in [0.2, 0.25) is 5.91 Å². The second kappa shape index (κ2) is 9.71. The van der Waals surface area contributed by atoms with Crippen LogP contribution in [-0.2, 0) is 16.1 Å². The van der Waals surface area contributed by atoms with Crippen LogP contribution in [0.1, 0.15) is 12.0 Å². The van der Waals surface area contributed by atoms with Gasteiger partial charge in [-0.3, -0.25) is 4.79 Å². The van der Waals surface area contributed by atoms with Gasteiger partial charge < -0.3 is 20.1 Å². The third-order valence-corrected chi connectivity index (χ3v) is 3.27. The average molecular weight is 369 g/mol. The van der Waals surface area contributed by atoms with Crippen LogP contribution in [0.15, 0.2) is 24.3 Å². The molecule has 0 saturated carbocycles. The highest BCUT2D eigenvalue weighted by Gasteiger charge is 2.28. The summed E-state index contributed by atoms with van der Waals surface area (Å²) in [4.78, 5) is 11.9. The molecule has 0 aliphatic carbocycles. The molecular formula is C15H20ClF3N2O3. The molecule has 1 saturated heterocycles. The maximum absolute atomic E-state index is 12.2. The zero-order valence-corrected chi connectivity index (χ0v) is 13.7. The molecule has 24 heavy (non-hydrogen) atoms. The van der Waals surface area contributed by atoms with Crippen LogP contribution in [0.4, 0.5) is 13.2 Å². The van der Waals surface area contributed by atoms with Crippen molar-refractivity contribution in [2.75, 3.05) is 26.4 Å². The van der Waals surface area contributed by atoms with E-state index in [1.54, 1.807) is 18.2 Å². The number of nitrogens with one attached hydrogen (secondary N) is 2. The number of benzene rings is 1. The first-order valence-electron chi connectivity index (χ1n) is 7.29. The highest BCUT2D eigenvalue weighted by Crippen LogP contribution is 2.22. The number of ether oxygens (including phenoxy) is 2. The van der Waals surface area contributed by atoms with Gasteiger partial charge in [-0.25, -0.2) is 0 Å². The Hall–Kier alpha value is -1.51. The Morgan fingerprint density at radius 3 is 2.79 bits per heavy atom. The molecule has 1 aromatic carbocycles. The van der Waals surface area contributed by atoms with Gasteiger partial charge in [0.1, 0.15) is 5.75 Å². The molecule has 0 aromatic heterocycles. The van der Waals surface area contributed by atoms with Crippen LogP contribution in [0, 0.1) is 0 Å². The molecular weight excluding hydrogens is 349 g/mol. The van der Waals surface area contributed by atoms with Gasteiger partial charge in [0, 0.05) is 31.1 Å². The van der Waals surface area contributed by atoms with Crippen molar-refractivity contribution in [1.82, 2.24) is 10.6 Å². The Labute approximate surface area is 144 Å². The molecule has 1 heterocycles. The first-order chi connectivity index (χ1) is 10.9. The first kappa shape index (κ1) is 20.5. The number of amides is 1. The fourth-order valence-electron chi connectivity index (χ4n) is 2.19. The number of carbonyl (C=O) groups is 1. The summed E-state index contributed by atoms with van der Waals surface area (Å²) in [5.41, 5.74) is 0.498. The Bertz CT molecular complexity index is 523. The number of rotatable bonds is 6. The van der Waals surface area contributed by atoms with Gasteiger partial charge in [-0.2, -0.15) is 13.2 Å². The Kier molecular flexibility index (Phi) is 8.30. The van der Waals surface area contributed by atoms with E-state index in [1.807, 2.05) is 0 Å². The monoisotopic (exact) mass is 368 g/mol. The van der Waals surface area contributed by atoms with Gasteiger partial charge in [-0.15, -0.1) is 12.4 Å². The predicted molar refractivity (Wildman–Crippen MR) is 84.3 cm³/mol. The molecule has 2 rings (SSSR count). The van der Waals surface area contributed by atoms with Crippen LogP contribution < -0.4 is 15.4 Å². The summed E-state index contributed by atoms with van der Waals surface area (Å²) in [6, 6.07) is 6.29. The van der Waals surface area contributed by atoms with E-state index >= 15 is 0 Å². The topological polar surface area (TPSA) is 59.6 Å². The van der Waals surface area contributed by atoms with Crippen molar-refractivity contribution < 1.29 is 27.4 Å². The molecule has 136 valence electrons. The standard InChI is InChI=1S/C15H19F3N2O3.ClH/c16-15(17,18)10-23-13-4-2-1-3-11(13)8-20-14(21)7-12-9-22-6-5-19-12;/h1-4,12,19H,5-10H2,(H,20,21);1H. The van der Waals surface area contributed by atoms with Gasteiger partial charge in [-0.1, -0.05) is 18.2 Å². The van der Waals surface area contributed by atoms with Crippen LogP contribution in [0.5, 0.6) is 5.75 Å². The number of carbonyl (C=O) groups excluding carboxylic acids is 1. The highest BCUT2D eigenvalue weighted by molar-refractivity contribution is 5.85. The van der Waals surface area contributed by atoms with Crippen LogP contribution >= 0.6 is 12.4 Å². The summed E-state index contributed by atoms with van der Waals surface area (Å²) in [6.45, 7) is 0.550. The molecule has 0 bridgehead atoms. The molecule has 1 aromatic rings. The number of halogens is 4. The van der Waals surface area contributed by atoms with E-state index < -0.39 is 12.8 Å². The third kappa shape index (κ3) is 7.37. The predicted octanol–water partition coefficient (Wildman–Crippen LogP) is 2.04. The lowest BCUT2D eigenvalue weighted by Gasteiger charge is -2.23. The molecule has 1 aliphatic heterocycles. The van der Waals surface area contributed by atoms with Gasteiger partial charge in [0.15, 0.2) is 6.61 Å². The lowest BCUT2D eigenvalue weighted by Crippen LogP contribution is -2.44. The van der Waals surface area contributed by atoms with Crippen molar-refractivity contribution in [3.05, 3.63) is 29.8 Å². The van der Waals surface area contributed by atoms with Crippen LogP contribution in [0.2, 0.25) is 0 Å². The lowest BCUT2D eigenvalue weighted by atomic mass is 10.1. The fourth-order valence-corrected chi connectivity index (χ4v) is 2.19. The minimum Gasteiger partial charge on any atom is -0.484 e. The van der Waals surface area contributed by atoms with E-state index in [0.29, 0.717) is 25.3 Å². The molecule has 1 aliphatic rings. The van der Waals surface area contributed by atoms with E-state index in [9.17, 15) is 18.0 Å². The van der Waals surface area contributed by atoms with Gasteiger partial charge in [-0.05, 0) is 6.07 Å². The van der Waals surface area contributed by atoms with Gasteiger partial charge in [0.05, 0.1) is 13.2 Å². The van der Waals surface area contributed by atoms with Crippen molar-refractivity contribution in [3.63, 3.8) is 0 Å². The summed E-state index contributed by atoms with van der Waals surface area (Å²) in [7, 11) is 0. The molecule has 1 unspecified atom stereocenters. The molecule has 9 heteroatoms. The number of hydrogen-bond acceptors (Lipinski definition) is 4. The molecule has 1 fully saturated rings. The summed E-state index contributed by atoms with van der Waals surface area (Å²) < 4.78 is 46.7. The van der Waals surface area contributed by atoms with Crippen molar-refractivity contribution in [3.8, 4) is 5.75 Å². The smallest absolute Gasteiger partial charge is 0.422 e. The van der Waals surface area contributed by atoms with E-state index in [4.69, 9.17) is 9.47 Å². The van der Waals surface area contributed by atoms with Gasteiger partial charge in [0.25, 0.3) is 0 Å². The fraction of sp³-hybridized carbons (Fsp3) is 0.533. The molecule has 0 spiro atoms. The summed E-state index contributed by atoms with van der Waals surface area (Å²) >= 11 is 0. The summed E-state index contributed by atoms with van der Waals surface area (Å²) in [5, 5.41) is 5.85. The Morgan fingerprint density at radius 1 is 1.38 bits per heavy atom. The third-order valence-electron chi connectivity index (χ3n) is 3.27.